The van der Waals surface area contributed by atoms with E-state index < -0.39 is 0 Å². The van der Waals surface area contributed by atoms with Crippen LogP contribution in [0, 0.1) is 0 Å². The smallest absolute Gasteiger partial charge is 0.191 e. The van der Waals surface area contributed by atoms with E-state index in [1.807, 2.05) is 23.7 Å². The minimum atomic E-state index is 0. The SMILES string of the molecule is CCNC(=NCc1nncn1C)NCC(c1ccco1)N1CCCC1.I. The van der Waals surface area contributed by atoms with Gasteiger partial charge in [-0.1, -0.05) is 0 Å². The normalized spacial score (nSPS) is 16.3. The lowest BCUT2D eigenvalue weighted by atomic mass is 10.2. The summed E-state index contributed by atoms with van der Waals surface area (Å²) < 4.78 is 7.55. The van der Waals surface area contributed by atoms with E-state index in [0.29, 0.717) is 6.54 Å². The van der Waals surface area contributed by atoms with Crippen molar-refractivity contribution in [3.05, 3.63) is 36.3 Å². The molecule has 0 aromatic carbocycles. The predicted octanol–water partition coefficient (Wildman–Crippen LogP) is 1.92. The largest absolute Gasteiger partial charge is 0.468 e. The molecule has 3 heterocycles. The first-order chi connectivity index (χ1) is 12.3. The number of aliphatic imine (C=N–C) groups is 1. The van der Waals surface area contributed by atoms with Crippen LogP contribution in [0.4, 0.5) is 0 Å². The lowest BCUT2D eigenvalue weighted by molar-refractivity contribution is 0.215. The van der Waals surface area contributed by atoms with Gasteiger partial charge in [0.2, 0.25) is 0 Å². The van der Waals surface area contributed by atoms with Gasteiger partial charge in [-0.15, -0.1) is 34.2 Å². The lowest BCUT2D eigenvalue weighted by Crippen LogP contribution is -2.42. The Kier molecular flexibility index (Phi) is 8.36. The molecule has 144 valence electrons. The van der Waals surface area contributed by atoms with Crippen LogP contribution in [0.3, 0.4) is 0 Å². The van der Waals surface area contributed by atoms with Gasteiger partial charge in [-0.3, -0.25) is 4.90 Å². The number of rotatable bonds is 7. The quantitative estimate of drug-likeness (QED) is 0.363. The van der Waals surface area contributed by atoms with E-state index in [1.54, 1.807) is 12.6 Å². The first kappa shape index (κ1) is 20.7. The minimum absolute atomic E-state index is 0. The number of aromatic nitrogens is 3. The maximum Gasteiger partial charge on any atom is 0.191 e. The van der Waals surface area contributed by atoms with Gasteiger partial charge in [-0.25, -0.2) is 4.99 Å². The molecule has 1 fully saturated rings. The number of nitrogens with zero attached hydrogens (tertiary/aromatic N) is 5. The Labute approximate surface area is 171 Å². The zero-order valence-corrected chi connectivity index (χ0v) is 17.7. The van der Waals surface area contributed by atoms with Crippen molar-refractivity contribution in [2.24, 2.45) is 12.0 Å². The van der Waals surface area contributed by atoms with Gasteiger partial charge in [0, 0.05) is 20.1 Å². The molecule has 1 aliphatic rings. The summed E-state index contributed by atoms with van der Waals surface area (Å²) in [4.78, 5) is 7.09. The highest BCUT2D eigenvalue weighted by molar-refractivity contribution is 14.0. The van der Waals surface area contributed by atoms with Crippen LogP contribution < -0.4 is 10.6 Å². The molecule has 0 spiro atoms. The van der Waals surface area contributed by atoms with Crippen molar-refractivity contribution in [1.82, 2.24) is 30.3 Å². The Morgan fingerprint density at radius 3 is 2.77 bits per heavy atom. The maximum absolute atomic E-state index is 5.67. The molecule has 2 aromatic rings. The van der Waals surface area contributed by atoms with Crippen LogP contribution in [0.5, 0.6) is 0 Å². The molecule has 9 heteroatoms. The topological polar surface area (TPSA) is 83.5 Å². The average Bonchev–Trinajstić information content (AvgIpc) is 3.36. The van der Waals surface area contributed by atoms with Crippen molar-refractivity contribution in [3.63, 3.8) is 0 Å². The third kappa shape index (κ3) is 5.44. The number of likely N-dealkylation sites (tertiary alicyclic amines) is 1. The first-order valence-corrected chi connectivity index (χ1v) is 8.90. The molecule has 0 radical (unpaired) electrons. The number of halogens is 1. The van der Waals surface area contributed by atoms with Crippen molar-refractivity contribution in [3.8, 4) is 0 Å². The molecule has 1 aliphatic heterocycles. The van der Waals surface area contributed by atoms with Gasteiger partial charge >= 0.3 is 0 Å². The van der Waals surface area contributed by atoms with Crippen molar-refractivity contribution >= 4 is 29.9 Å². The monoisotopic (exact) mass is 473 g/mol. The van der Waals surface area contributed by atoms with E-state index in [0.717, 1.165) is 43.7 Å². The number of furan rings is 1. The van der Waals surface area contributed by atoms with Crippen molar-refractivity contribution in [2.45, 2.75) is 32.4 Å². The number of hydrogen-bond donors (Lipinski definition) is 2. The highest BCUT2D eigenvalue weighted by Crippen LogP contribution is 2.24. The van der Waals surface area contributed by atoms with Gasteiger partial charge in [-0.05, 0) is 45.0 Å². The number of guanidine groups is 1. The zero-order chi connectivity index (χ0) is 17.5. The molecule has 1 saturated heterocycles. The zero-order valence-electron chi connectivity index (χ0n) is 15.4. The van der Waals surface area contributed by atoms with E-state index in [-0.39, 0.29) is 30.0 Å². The molecular formula is C17H28IN7O. The Balaban J connectivity index is 0.00000243. The van der Waals surface area contributed by atoms with Crippen LogP contribution in [0.15, 0.2) is 34.1 Å². The van der Waals surface area contributed by atoms with E-state index in [9.17, 15) is 0 Å². The molecule has 1 unspecified atom stereocenters. The van der Waals surface area contributed by atoms with Crippen molar-refractivity contribution in [2.75, 3.05) is 26.2 Å². The van der Waals surface area contributed by atoms with Crippen molar-refractivity contribution < 1.29 is 4.42 Å². The number of nitrogens with one attached hydrogen (secondary N) is 2. The number of aryl methyl sites for hydroxylation is 1. The summed E-state index contributed by atoms with van der Waals surface area (Å²) in [6, 6.07) is 4.22. The standard InChI is InChI=1S/C17H27N7O.HI/c1-3-18-17(20-12-16-22-21-13-23(16)2)19-11-14(15-7-6-10-25-15)24-8-4-5-9-24;/h6-7,10,13-14H,3-5,8-9,11-12H2,1-2H3,(H2,18,19,20);1H. The van der Waals surface area contributed by atoms with Crippen LogP contribution in [-0.4, -0.2) is 51.8 Å². The second kappa shape index (κ2) is 10.5. The summed E-state index contributed by atoms with van der Waals surface area (Å²) in [5.74, 6) is 2.61. The van der Waals surface area contributed by atoms with Crippen molar-refractivity contribution in [1.29, 1.82) is 0 Å². The van der Waals surface area contributed by atoms with E-state index in [2.05, 4.69) is 37.6 Å². The van der Waals surface area contributed by atoms with Gasteiger partial charge in [0.1, 0.15) is 18.6 Å². The summed E-state index contributed by atoms with van der Waals surface area (Å²) in [5.41, 5.74) is 0. The first-order valence-electron chi connectivity index (χ1n) is 8.90. The fraction of sp³-hybridized carbons (Fsp3) is 0.588. The number of hydrogen-bond acceptors (Lipinski definition) is 5. The molecule has 2 aromatic heterocycles. The molecule has 3 rings (SSSR count). The lowest BCUT2D eigenvalue weighted by Gasteiger charge is -2.26. The van der Waals surface area contributed by atoms with Crippen LogP contribution >= 0.6 is 24.0 Å². The second-order valence-electron chi connectivity index (χ2n) is 6.21. The van der Waals surface area contributed by atoms with E-state index in [1.165, 1.54) is 12.8 Å². The molecule has 2 N–H and O–H groups in total. The van der Waals surface area contributed by atoms with E-state index >= 15 is 0 Å². The minimum Gasteiger partial charge on any atom is -0.468 e. The fourth-order valence-corrected chi connectivity index (χ4v) is 3.08. The predicted molar refractivity (Wildman–Crippen MR) is 111 cm³/mol. The van der Waals surface area contributed by atoms with Gasteiger partial charge in [0.25, 0.3) is 0 Å². The van der Waals surface area contributed by atoms with Crippen LogP contribution in [0.1, 0.15) is 37.4 Å². The molecule has 0 saturated carbocycles. The van der Waals surface area contributed by atoms with Gasteiger partial charge in [0.05, 0.1) is 12.3 Å². The Hall–Kier alpha value is -1.62. The molecule has 1 atom stereocenters. The summed E-state index contributed by atoms with van der Waals surface area (Å²) in [6.07, 6.45) is 5.92. The van der Waals surface area contributed by atoms with Gasteiger partial charge < -0.3 is 19.6 Å². The van der Waals surface area contributed by atoms with Crippen LogP contribution in [0.25, 0.3) is 0 Å². The summed E-state index contributed by atoms with van der Waals surface area (Å²) in [5, 5.41) is 14.7. The third-order valence-electron chi connectivity index (χ3n) is 4.44. The highest BCUT2D eigenvalue weighted by atomic mass is 127. The molecule has 26 heavy (non-hydrogen) atoms. The van der Waals surface area contributed by atoms with Crippen LogP contribution in [-0.2, 0) is 13.6 Å². The fourth-order valence-electron chi connectivity index (χ4n) is 3.08. The molecule has 0 bridgehead atoms. The molecule has 0 amide bonds. The van der Waals surface area contributed by atoms with Crippen LogP contribution in [0.2, 0.25) is 0 Å². The highest BCUT2D eigenvalue weighted by Gasteiger charge is 2.25. The molecular weight excluding hydrogens is 445 g/mol. The summed E-state index contributed by atoms with van der Waals surface area (Å²) in [6.45, 7) is 6.32. The average molecular weight is 473 g/mol. The molecule has 8 nitrogen and oxygen atoms in total. The Morgan fingerprint density at radius 2 is 2.15 bits per heavy atom. The molecule has 0 aliphatic carbocycles. The third-order valence-corrected chi connectivity index (χ3v) is 4.44. The Morgan fingerprint density at radius 1 is 1.35 bits per heavy atom. The Bertz CT molecular complexity index is 664. The van der Waals surface area contributed by atoms with Gasteiger partial charge in [-0.2, -0.15) is 0 Å². The summed E-state index contributed by atoms with van der Waals surface area (Å²) >= 11 is 0. The summed E-state index contributed by atoms with van der Waals surface area (Å²) in [7, 11) is 1.92. The van der Waals surface area contributed by atoms with E-state index in [4.69, 9.17) is 4.42 Å². The second-order valence-corrected chi connectivity index (χ2v) is 6.21. The maximum atomic E-state index is 5.67. The van der Waals surface area contributed by atoms with Gasteiger partial charge in [0.15, 0.2) is 11.8 Å².